The molecule has 2 aromatic rings. The largest absolute Gasteiger partial charge is 0.508 e. The predicted molar refractivity (Wildman–Crippen MR) is 107 cm³/mol. The molecule has 0 unspecified atom stereocenters. The van der Waals surface area contributed by atoms with E-state index in [1.165, 1.54) is 19.2 Å². The molecule has 0 amide bonds. The van der Waals surface area contributed by atoms with Crippen LogP contribution in [0, 0.1) is 13.8 Å². The van der Waals surface area contributed by atoms with Gasteiger partial charge in [-0.1, -0.05) is 11.6 Å². The van der Waals surface area contributed by atoms with E-state index in [2.05, 4.69) is 0 Å². The lowest BCUT2D eigenvalue weighted by molar-refractivity contribution is 0.0596. The van der Waals surface area contributed by atoms with Crippen molar-refractivity contribution in [2.75, 3.05) is 7.11 Å². The van der Waals surface area contributed by atoms with Crippen molar-refractivity contribution < 1.29 is 34.4 Å². The van der Waals surface area contributed by atoms with Crippen LogP contribution in [0.15, 0.2) is 29.8 Å². The van der Waals surface area contributed by atoms with E-state index >= 15 is 0 Å². The van der Waals surface area contributed by atoms with Crippen molar-refractivity contribution in [3.63, 3.8) is 0 Å². The maximum Gasteiger partial charge on any atom is 0.347 e. The Morgan fingerprint density at radius 2 is 1.59 bits per heavy atom. The molecule has 7 nitrogen and oxygen atoms in total. The first-order chi connectivity index (χ1) is 13.6. The number of aromatic hydroxyl groups is 3. The number of ether oxygens (including phenoxy) is 2. The summed E-state index contributed by atoms with van der Waals surface area (Å²) in [6.07, 6.45) is 2.02. The summed E-state index contributed by atoms with van der Waals surface area (Å²) in [5.41, 5.74) is 1.78. The standard InChI is InChI=1S/C22H24O7/c1-11(2)6-7-15-17(9-13(4)19(20(15)25)21(26)28-5)29-22(27)18-12(3)8-14(23)10-16(18)24/h6,8-10,23-25H,7H2,1-5H3. The third kappa shape index (κ3) is 4.68. The lowest BCUT2D eigenvalue weighted by Crippen LogP contribution is -2.13. The molecule has 0 aliphatic carbocycles. The van der Waals surface area contributed by atoms with Crippen LogP contribution in [0.3, 0.4) is 0 Å². The van der Waals surface area contributed by atoms with Gasteiger partial charge in [-0.2, -0.15) is 0 Å². The summed E-state index contributed by atoms with van der Waals surface area (Å²) in [5, 5.41) is 30.3. The summed E-state index contributed by atoms with van der Waals surface area (Å²) in [6.45, 7) is 6.87. The zero-order chi connectivity index (χ0) is 21.9. The highest BCUT2D eigenvalue weighted by atomic mass is 16.5. The van der Waals surface area contributed by atoms with Crippen LogP contribution in [0.4, 0.5) is 0 Å². The Morgan fingerprint density at radius 1 is 0.966 bits per heavy atom. The van der Waals surface area contributed by atoms with Crippen molar-refractivity contribution in [2.24, 2.45) is 0 Å². The Kier molecular flexibility index (Phi) is 6.53. The van der Waals surface area contributed by atoms with E-state index in [1.54, 1.807) is 13.8 Å². The molecule has 0 atom stereocenters. The highest BCUT2D eigenvalue weighted by Gasteiger charge is 2.25. The summed E-state index contributed by atoms with van der Waals surface area (Å²) in [7, 11) is 1.21. The highest BCUT2D eigenvalue weighted by Crippen LogP contribution is 2.37. The molecule has 0 saturated carbocycles. The van der Waals surface area contributed by atoms with Crippen LogP contribution in [-0.4, -0.2) is 34.4 Å². The molecule has 0 bridgehead atoms. The Morgan fingerprint density at radius 3 is 2.14 bits per heavy atom. The molecule has 0 aromatic heterocycles. The van der Waals surface area contributed by atoms with Gasteiger partial charge in [-0.25, -0.2) is 9.59 Å². The molecule has 29 heavy (non-hydrogen) atoms. The van der Waals surface area contributed by atoms with Gasteiger partial charge >= 0.3 is 11.9 Å². The normalized spacial score (nSPS) is 10.4. The molecule has 7 heteroatoms. The smallest absolute Gasteiger partial charge is 0.347 e. The summed E-state index contributed by atoms with van der Waals surface area (Å²) in [6, 6.07) is 3.82. The zero-order valence-electron chi connectivity index (χ0n) is 17.0. The van der Waals surface area contributed by atoms with Gasteiger partial charge in [0.15, 0.2) is 0 Å². The van der Waals surface area contributed by atoms with Gasteiger partial charge in [-0.3, -0.25) is 0 Å². The second-order valence-electron chi connectivity index (χ2n) is 6.92. The second-order valence-corrected chi connectivity index (χ2v) is 6.92. The fraction of sp³-hybridized carbons (Fsp3) is 0.273. The van der Waals surface area contributed by atoms with Crippen molar-refractivity contribution in [1.82, 2.24) is 0 Å². The number of esters is 2. The molecular weight excluding hydrogens is 376 g/mol. The van der Waals surface area contributed by atoms with Crippen LogP contribution in [0.2, 0.25) is 0 Å². The number of hydrogen-bond acceptors (Lipinski definition) is 7. The van der Waals surface area contributed by atoms with Crippen molar-refractivity contribution in [3.8, 4) is 23.0 Å². The average molecular weight is 400 g/mol. The second kappa shape index (κ2) is 8.68. The predicted octanol–water partition coefficient (Wildman–Crippen LogP) is 3.93. The Balaban J connectivity index is 2.58. The topological polar surface area (TPSA) is 113 Å². The van der Waals surface area contributed by atoms with E-state index in [0.717, 1.165) is 11.6 Å². The number of carbonyl (C=O) groups is 2. The Labute approximate surface area is 168 Å². The number of carbonyl (C=O) groups excluding carboxylic acids is 2. The zero-order valence-corrected chi connectivity index (χ0v) is 17.0. The number of phenolic OH excluding ortho intramolecular Hbond substituents is 3. The number of hydrogen-bond donors (Lipinski definition) is 3. The fourth-order valence-corrected chi connectivity index (χ4v) is 2.93. The third-order valence-corrected chi connectivity index (χ3v) is 4.37. The molecule has 2 rings (SSSR count). The minimum absolute atomic E-state index is 0.00637. The molecule has 0 saturated heterocycles. The number of methoxy groups -OCH3 is 1. The van der Waals surface area contributed by atoms with E-state index in [0.29, 0.717) is 11.1 Å². The van der Waals surface area contributed by atoms with E-state index in [-0.39, 0.29) is 40.4 Å². The number of benzene rings is 2. The van der Waals surface area contributed by atoms with Crippen LogP contribution in [0.25, 0.3) is 0 Å². The highest BCUT2D eigenvalue weighted by molar-refractivity contribution is 5.97. The van der Waals surface area contributed by atoms with Crippen LogP contribution in [0.5, 0.6) is 23.0 Å². The summed E-state index contributed by atoms with van der Waals surface area (Å²) >= 11 is 0. The molecular formula is C22H24O7. The lowest BCUT2D eigenvalue weighted by Gasteiger charge is -2.16. The first kappa shape index (κ1) is 21.8. The molecule has 0 aliphatic heterocycles. The van der Waals surface area contributed by atoms with Gasteiger partial charge in [0.2, 0.25) is 0 Å². The maximum absolute atomic E-state index is 12.7. The van der Waals surface area contributed by atoms with Crippen LogP contribution >= 0.6 is 0 Å². The number of aryl methyl sites for hydroxylation is 2. The first-order valence-corrected chi connectivity index (χ1v) is 8.88. The Bertz CT molecular complexity index is 976. The maximum atomic E-state index is 12.7. The minimum atomic E-state index is -0.858. The summed E-state index contributed by atoms with van der Waals surface area (Å²) in [4.78, 5) is 24.8. The van der Waals surface area contributed by atoms with Crippen LogP contribution in [-0.2, 0) is 11.2 Å². The molecule has 0 fully saturated rings. The van der Waals surface area contributed by atoms with Gasteiger partial charge in [0.25, 0.3) is 0 Å². The van der Waals surface area contributed by atoms with Crippen molar-refractivity contribution in [2.45, 2.75) is 34.1 Å². The van der Waals surface area contributed by atoms with Gasteiger partial charge in [0.05, 0.1) is 7.11 Å². The van der Waals surface area contributed by atoms with E-state index < -0.39 is 17.7 Å². The summed E-state index contributed by atoms with van der Waals surface area (Å²) < 4.78 is 10.2. The summed E-state index contributed by atoms with van der Waals surface area (Å²) in [5.74, 6) is -2.44. The molecule has 154 valence electrons. The monoisotopic (exact) mass is 400 g/mol. The van der Waals surface area contributed by atoms with Crippen LogP contribution < -0.4 is 4.74 Å². The fourth-order valence-electron chi connectivity index (χ4n) is 2.93. The Hall–Kier alpha value is -3.48. The molecule has 0 heterocycles. The quantitative estimate of drug-likeness (QED) is 0.396. The van der Waals surface area contributed by atoms with Crippen molar-refractivity contribution >= 4 is 11.9 Å². The molecule has 0 aliphatic rings. The van der Waals surface area contributed by atoms with Gasteiger partial charge in [0, 0.05) is 11.6 Å². The molecule has 0 radical (unpaired) electrons. The van der Waals surface area contributed by atoms with Crippen molar-refractivity contribution in [3.05, 3.63) is 57.7 Å². The van der Waals surface area contributed by atoms with Gasteiger partial charge in [0.1, 0.15) is 34.1 Å². The first-order valence-electron chi connectivity index (χ1n) is 8.88. The molecule has 2 aromatic carbocycles. The average Bonchev–Trinajstić information content (AvgIpc) is 2.59. The van der Waals surface area contributed by atoms with Crippen molar-refractivity contribution in [1.29, 1.82) is 0 Å². The lowest BCUT2D eigenvalue weighted by atomic mass is 9.99. The molecule has 3 N–H and O–H groups in total. The van der Waals surface area contributed by atoms with E-state index in [4.69, 9.17) is 9.47 Å². The number of phenols is 3. The number of allylic oxidation sites excluding steroid dienone is 2. The van der Waals surface area contributed by atoms with E-state index in [1.807, 2.05) is 19.9 Å². The van der Waals surface area contributed by atoms with Crippen LogP contribution in [0.1, 0.15) is 51.3 Å². The van der Waals surface area contributed by atoms with Gasteiger partial charge in [-0.15, -0.1) is 0 Å². The number of rotatable bonds is 5. The third-order valence-electron chi connectivity index (χ3n) is 4.37. The van der Waals surface area contributed by atoms with Gasteiger partial charge in [-0.05, 0) is 57.4 Å². The SMILES string of the molecule is COC(=O)c1c(C)cc(OC(=O)c2c(C)cc(O)cc2O)c(CC=C(C)C)c1O. The molecule has 0 spiro atoms. The van der Waals surface area contributed by atoms with E-state index in [9.17, 15) is 24.9 Å². The minimum Gasteiger partial charge on any atom is -0.508 e. The van der Waals surface area contributed by atoms with Gasteiger partial charge < -0.3 is 24.8 Å².